The van der Waals surface area contributed by atoms with E-state index in [1.54, 1.807) is 16.2 Å². The van der Waals surface area contributed by atoms with Crippen LogP contribution >= 0.6 is 22.7 Å². The summed E-state index contributed by atoms with van der Waals surface area (Å²) >= 11 is 2.02. The van der Waals surface area contributed by atoms with E-state index < -0.39 is 31.7 Å². The first kappa shape index (κ1) is 22.4. The van der Waals surface area contributed by atoms with Crippen LogP contribution in [0.5, 0.6) is 0 Å². The highest BCUT2D eigenvalue weighted by Crippen LogP contribution is 2.34. The molecule has 0 saturated carbocycles. The van der Waals surface area contributed by atoms with Crippen molar-refractivity contribution in [2.75, 3.05) is 26.2 Å². The number of sulfonamides is 1. The van der Waals surface area contributed by atoms with Gasteiger partial charge < -0.3 is 15.1 Å². The molecule has 0 aromatic carbocycles. The molecular weight excluding hydrogens is 452 g/mol. The van der Waals surface area contributed by atoms with Gasteiger partial charge in [-0.1, -0.05) is 6.07 Å². The maximum absolute atomic E-state index is 13.0. The number of carboxylic acids is 2. The fourth-order valence-corrected chi connectivity index (χ4v) is 7.20. The van der Waals surface area contributed by atoms with Gasteiger partial charge in [-0.25, -0.2) is 18.0 Å². The molecule has 0 spiro atoms. The predicted octanol–water partition coefficient (Wildman–Crippen LogP) is 1.98. The highest BCUT2D eigenvalue weighted by atomic mass is 32.2. The fourth-order valence-electron chi connectivity index (χ4n) is 3.26. The van der Waals surface area contributed by atoms with Crippen molar-refractivity contribution in [2.45, 2.75) is 24.0 Å². The van der Waals surface area contributed by atoms with Crippen LogP contribution < -0.4 is 0 Å². The van der Waals surface area contributed by atoms with Gasteiger partial charge in [0, 0.05) is 37.5 Å². The summed E-state index contributed by atoms with van der Waals surface area (Å²) < 4.78 is 26.7. The first-order valence-corrected chi connectivity index (χ1v) is 12.2. The molecule has 9 nitrogen and oxygen atoms in total. The molecule has 30 heavy (non-hydrogen) atoms. The van der Waals surface area contributed by atoms with Crippen LogP contribution in [0.25, 0.3) is 0 Å². The number of carboxylic acid groups (broad SMARTS) is 2. The molecule has 1 amide bonds. The van der Waals surface area contributed by atoms with E-state index in [0.717, 1.165) is 9.18 Å². The monoisotopic (exact) mass is 472 g/mol. The lowest BCUT2D eigenvalue weighted by Crippen LogP contribution is -2.50. The van der Waals surface area contributed by atoms with Gasteiger partial charge in [-0.3, -0.25) is 4.79 Å². The van der Waals surface area contributed by atoms with Crippen molar-refractivity contribution in [3.05, 3.63) is 38.4 Å². The zero-order chi connectivity index (χ0) is 22.1. The number of amides is 1. The number of hydrogen-bond donors (Lipinski definition) is 2. The largest absolute Gasteiger partial charge is 0.478 e. The Bertz CT molecular complexity index is 1070. The van der Waals surface area contributed by atoms with Crippen LogP contribution in [0.3, 0.4) is 0 Å². The van der Waals surface area contributed by atoms with E-state index in [1.807, 2.05) is 17.5 Å². The highest BCUT2D eigenvalue weighted by Gasteiger charge is 2.37. The molecule has 0 radical (unpaired) electrons. The molecule has 3 rings (SSSR count). The molecule has 2 N–H and O–H groups in total. The quantitative estimate of drug-likeness (QED) is 0.630. The highest BCUT2D eigenvalue weighted by molar-refractivity contribution is 7.91. The van der Waals surface area contributed by atoms with Crippen molar-refractivity contribution in [1.29, 1.82) is 0 Å². The number of thiophene rings is 2. The summed E-state index contributed by atoms with van der Waals surface area (Å²) in [4.78, 5) is 37.7. The first-order valence-electron chi connectivity index (χ1n) is 9.03. The molecule has 0 aliphatic carbocycles. The van der Waals surface area contributed by atoms with Crippen molar-refractivity contribution >= 4 is 50.5 Å². The third-order valence-electron chi connectivity index (χ3n) is 4.85. The van der Waals surface area contributed by atoms with Crippen molar-refractivity contribution < 1.29 is 33.0 Å². The number of carbonyl (C=O) groups is 3. The minimum atomic E-state index is -4.20. The Morgan fingerprint density at radius 3 is 2.30 bits per heavy atom. The Balaban J connectivity index is 1.72. The van der Waals surface area contributed by atoms with E-state index in [-0.39, 0.29) is 42.5 Å². The lowest BCUT2D eigenvalue weighted by molar-refractivity contribution is -0.132. The molecule has 0 bridgehead atoms. The van der Waals surface area contributed by atoms with E-state index in [1.165, 1.54) is 6.92 Å². The third-order valence-corrected chi connectivity index (χ3v) is 9.46. The molecule has 162 valence electrons. The number of rotatable bonds is 7. The van der Waals surface area contributed by atoms with Crippen LogP contribution in [0, 0.1) is 6.92 Å². The van der Waals surface area contributed by atoms with Gasteiger partial charge in [0.25, 0.3) is 10.0 Å². The van der Waals surface area contributed by atoms with Gasteiger partial charge in [-0.2, -0.15) is 4.31 Å². The normalized spacial score (nSPS) is 15.3. The van der Waals surface area contributed by atoms with E-state index in [4.69, 9.17) is 0 Å². The number of hydrogen-bond acceptors (Lipinski definition) is 7. The molecule has 1 aliphatic heterocycles. The second-order valence-electron chi connectivity index (χ2n) is 6.69. The molecule has 12 heteroatoms. The van der Waals surface area contributed by atoms with Crippen LogP contribution in [-0.4, -0.2) is 71.9 Å². The minimum absolute atomic E-state index is 0.0193. The maximum Gasteiger partial charge on any atom is 0.346 e. The molecular formula is C18H20N2O7S3. The average Bonchev–Trinajstić information content (AvgIpc) is 3.34. The van der Waals surface area contributed by atoms with Gasteiger partial charge in [0.2, 0.25) is 5.91 Å². The topological polar surface area (TPSA) is 132 Å². The zero-order valence-electron chi connectivity index (χ0n) is 16.0. The van der Waals surface area contributed by atoms with Crippen LogP contribution in [0.1, 0.15) is 36.9 Å². The molecule has 0 atom stereocenters. The zero-order valence-corrected chi connectivity index (χ0v) is 18.5. The standard InChI is InChI=1S/C18H20N2O7S3/c1-11-14(16(22)23)18(29-15(11)17(24)25)30(26,27)20-8-6-19(7-9-20)13(21)5-4-12-3-2-10-28-12/h2-3,10H,4-9H2,1H3,(H,22,23)(H,24,25). The summed E-state index contributed by atoms with van der Waals surface area (Å²) in [5, 5.41) is 20.6. The van der Waals surface area contributed by atoms with Crippen molar-refractivity contribution in [3.63, 3.8) is 0 Å². The summed E-state index contributed by atoms with van der Waals surface area (Å²) in [6, 6.07) is 3.87. The van der Waals surface area contributed by atoms with Crippen molar-refractivity contribution in [2.24, 2.45) is 0 Å². The summed E-state index contributed by atoms with van der Waals surface area (Å²) in [7, 11) is -4.20. The molecule has 2 aromatic heterocycles. The van der Waals surface area contributed by atoms with Gasteiger partial charge in [-0.15, -0.1) is 22.7 Å². The number of piperazine rings is 1. The Kier molecular flexibility index (Phi) is 6.60. The van der Waals surface area contributed by atoms with E-state index in [9.17, 15) is 33.0 Å². The van der Waals surface area contributed by atoms with E-state index >= 15 is 0 Å². The molecule has 3 heterocycles. The second kappa shape index (κ2) is 8.84. The smallest absolute Gasteiger partial charge is 0.346 e. The van der Waals surface area contributed by atoms with Gasteiger partial charge in [0.1, 0.15) is 4.88 Å². The summed E-state index contributed by atoms with van der Waals surface area (Å²) in [5.74, 6) is -2.92. The van der Waals surface area contributed by atoms with Crippen LogP contribution in [0.2, 0.25) is 0 Å². The number of aryl methyl sites for hydroxylation is 1. The molecule has 0 unspecified atom stereocenters. The van der Waals surface area contributed by atoms with Gasteiger partial charge >= 0.3 is 11.9 Å². The van der Waals surface area contributed by atoms with Crippen molar-refractivity contribution in [1.82, 2.24) is 9.21 Å². The van der Waals surface area contributed by atoms with Gasteiger partial charge in [0.15, 0.2) is 4.21 Å². The second-order valence-corrected chi connectivity index (χ2v) is 10.9. The van der Waals surface area contributed by atoms with E-state index in [0.29, 0.717) is 24.2 Å². The lowest BCUT2D eigenvalue weighted by atomic mass is 10.2. The summed E-state index contributed by atoms with van der Waals surface area (Å²) in [6.45, 7) is 1.71. The SMILES string of the molecule is Cc1c(C(=O)O)sc(S(=O)(=O)N2CCN(C(=O)CCc3cccs3)CC2)c1C(=O)O. The number of aromatic carboxylic acids is 2. The average molecular weight is 473 g/mol. The molecule has 1 saturated heterocycles. The first-order chi connectivity index (χ1) is 14.1. The summed E-state index contributed by atoms with van der Waals surface area (Å²) in [5.41, 5.74) is -0.590. The maximum atomic E-state index is 13.0. The molecule has 2 aromatic rings. The molecule has 1 aliphatic rings. The summed E-state index contributed by atoms with van der Waals surface area (Å²) in [6.07, 6.45) is 0.964. The number of carbonyl (C=O) groups excluding carboxylic acids is 1. The van der Waals surface area contributed by atoms with Gasteiger partial charge in [-0.05, 0) is 30.4 Å². The van der Waals surface area contributed by atoms with Crippen LogP contribution in [-0.2, 0) is 21.2 Å². The van der Waals surface area contributed by atoms with Gasteiger partial charge in [0.05, 0.1) is 5.56 Å². The Hall–Kier alpha value is -2.28. The predicted molar refractivity (Wildman–Crippen MR) is 111 cm³/mol. The minimum Gasteiger partial charge on any atom is -0.478 e. The van der Waals surface area contributed by atoms with Crippen LogP contribution in [0.15, 0.2) is 21.7 Å². The fraction of sp³-hybridized carbons (Fsp3) is 0.389. The van der Waals surface area contributed by atoms with Crippen LogP contribution in [0.4, 0.5) is 0 Å². The Morgan fingerprint density at radius 1 is 1.10 bits per heavy atom. The van der Waals surface area contributed by atoms with E-state index in [2.05, 4.69) is 0 Å². The lowest BCUT2D eigenvalue weighted by Gasteiger charge is -2.33. The Morgan fingerprint density at radius 2 is 1.77 bits per heavy atom. The Labute approximate surface area is 181 Å². The number of nitrogens with zero attached hydrogens (tertiary/aromatic N) is 2. The third kappa shape index (κ3) is 4.41. The molecule has 1 fully saturated rings. The van der Waals surface area contributed by atoms with Crippen molar-refractivity contribution in [3.8, 4) is 0 Å².